The second kappa shape index (κ2) is 7.74. The first-order chi connectivity index (χ1) is 12.9. The van der Waals surface area contributed by atoms with Gasteiger partial charge in [0, 0.05) is 6.07 Å². The van der Waals surface area contributed by atoms with Gasteiger partial charge >= 0.3 is 5.97 Å². The molecule has 1 heterocycles. The van der Waals surface area contributed by atoms with E-state index < -0.39 is 18.5 Å². The Morgan fingerprint density at radius 1 is 1.11 bits per heavy atom. The van der Waals surface area contributed by atoms with Crippen LogP contribution in [-0.2, 0) is 9.53 Å². The molecule has 0 aliphatic heterocycles. The molecular weight excluding hydrogens is 346 g/mol. The zero-order valence-electron chi connectivity index (χ0n) is 15.0. The lowest BCUT2D eigenvalue weighted by Crippen LogP contribution is -2.22. The Morgan fingerprint density at radius 2 is 1.85 bits per heavy atom. The summed E-state index contributed by atoms with van der Waals surface area (Å²) in [5, 5.41) is 16.8. The lowest BCUT2D eigenvalue weighted by Gasteiger charge is -2.10. The fraction of sp³-hybridized carbons (Fsp3) is 0.150. The third-order valence-electron chi connectivity index (χ3n) is 3.81. The number of hydrogen-bond acceptors (Lipinski definition) is 5. The van der Waals surface area contributed by atoms with Gasteiger partial charge in [-0.2, -0.15) is 5.10 Å². The van der Waals surface area contributed by atoms with E-state index in [1.807, 2.05) is 37.3 Å². The van der Waals surface area contributed by atoms with Gasteiger partial charge < -0.3 is 15.2 Å². The highest BCUT2D eigenvalue weighted by Gasteiger charge is 2.16. The number of aromatic hydroxyl groups is 1. The molecule has 138 valence electrons. The molecule has 0 saturated heterocycles. The monoisotopic (exact) mass is 365 g/mol. The van der Waals surface area contributed by atoms with Gasteiger partial charge in [-0.3, -0.25) is 4.79 Å². The van der Waals surface area contributed by atoms with E-state index in [9.17, 15) is 14.7 Å². The average molecular weight is 365 g/mol. The predicted molar refractivity (Wildman–Crippen MR) is 100 cm³/mol. The van der Waals surface area contributed by atoms with Crippen molar-refractivity contribution in [3.63, 3.8) is 0 Å². The molecule has 3 aromatic rings. The lowest BCUT2D eigenvalue weighted by molar-refractivity contribution is -0.119. The summed E-state index contributed by atoms with van der Waals surface area (Å²) in [6.07, 6.45) is 0. The highest BCUT2D eigenvalue weighted by Crippen LogP contribution is 2.19. The molecule has 27 heavy (non-hydrogen) atoms. The highest BCUT2D eigenvalue weighted by atomic mass is 16.5. The number of anilines is 1. The number of benzene rings is 2. The van der Waals surface area contributed by atoms with Crippen LogP contribution in [0.3, 0.4) is 0 Å². The zero-order chi connectivity index (χ0) is 19.4. The van der Waals surface area contributed by atoms with Gasteiger partial charge in [0.1, 0.15) is 17.1 Å². The van der Waals surface area contributed by atoms with Gasteiger partial charge in [-0.15, -0.1) is 0 Å². The van der Waals surface area contributed by atoms with Gasteiger partial charge in [0.2, 0.25) is 0 Å². The Hall–Kier alpha value is -3.61. The molecule has 2 aromatic carbocycles. The maximum atomic E-state index is 12.2. The van der Waals surface area contributed by atoms with Gasteiger partial charge in [0.15, 0.2) is 6.61 Å². The Balaban J connectivity index is 1.67. The molecule has 0 fully saturated rings. The minimum Gasteiger partial charge on any atom is -0.507 e. The highest BCUT2D eigenvalue weighted by molar-refractivity contribution is 5.96. The van der Waals surface area contributed by atoms with Crippen LogP contribution in [0.1, 0.15) is 21.6 Å². The van der Waals surface area contributed by atoms with Crippen LogP contribution in [0.15, 0.2) is 54.6 Å². The van der Waals surface area contributed by atoms with Crippen molar-refractivity contribution in [3.05, 3.63) is 71.4 Å². The van der Waals surface area contributed by atoms with E-state index in [0.29, 0.717) is 5.82 Å². The molecule has 0 aliphatic carbocycles. The van der Waals surface area contributed by atoms with Crippen LogP contribution >= 0.6 is 0 Å². The molecule has 1 amide bonds. The molecular formula is C20H19N3O4. The van der Waals surface area contributed by atoms with E-state index >= 15 is 0 Å². The molecule has 0 radical (unpaired) electrons. The van der Waals surface area contributed by atoms with Crippen molar-refractivity contribution in [2.75, 3.05) is 11.9 Å². The third kappa shape index (κ3) is 4.33. The fourth-order valence-corrected chi connectivity index (χ4v) is 2.56. The number of nitrogens with zero attached hydrogens (tertiary/aromatic N) is 2. The number of carbonyl (C=O) groups is 2. The maximum Gasteiger partial charge on any atom is 0.342 e. The number of esters is 1. The number of ether oxygens (including phenoxy) is 1. The summed E-state index contributed by atoms with van der Waals surface area (Å²) in [5.41, 5.74) is 2.35. The van der Waals surface area contributed by atoms with E-state index in [0.717, 1.165) is 16.9 Å². The summed E-state index contributed by atoms with van der Waals surface area (Å²) in [6.45, 7) is 3.12. The molecule has 0 unspecified atom stereocenters. The van der Waals surface area contributed by atoms with Crippen LogP contribution < -0.4 is 5.32 Å². The fourth-order valence-electron chi connectivity index (χ4n) is 2.56. The predicted octanol–water partition coefficient (Wildman–Crippen LogP) is 2.99. The number of phenols is 1. The van der Waals surface area contributed by atoms with Gasteiger partial charge in [0.25, 0.3) is 5.91 Å². The standard InChI is InChI=1S/C20H19N3O4/c1-13-8-9-17(24)16(10-13)20(26)27-12-19(25)21-18-11-14(2)22-23(18)15-6-4-3-5-7-15/h3-11,24H,12H2,1-2H3,(H,21,25). The Morgan fingerprint density at radius 3 is 2.59 bits per heavy atom. The summed E-state index contributed by atoms with van der Waals surface area (Å²) in [4.78, 5) is 24.3. The minimum absolute atomic E-state index is 0.0213. The van der Waals surface area contributed by atoms with Crippen molar-refractivity contribution >= 4 is 17.7 Å². The molecule has 7 nitrogen and oxygen atoms in total. The molecule has 2 N–H and O–H groups in total. The third-order valence-corrected chi connectivity index (χ3v) is 3.81. The van der Waals surface area contributed by atoms with Crippen LogP contribution in [0, 0.1) is 13.8 Å². The van der Waals surface area contributed by atoms with Crippen LogP contribution in [0.4, 0.5) is 5.82 Å². The van der Waals surface area contributed by atoms with Gasteiger partial charge in [-0.25, -0.2) is 9.48 Å². The van der Waals surface area contributed by atoms with E-state index in [4.69, 9.17) is 4.74 Å². The van der Waals surface area contributed by atoms with Crippen molar-refractivity contribution in [2.45, 2.75) is 13.8 Å². The quantitative estimate of drug-likeness (QED) is 0.678. The van der Waals surface area contributed by atoms with Crippen LogP contribution in [-0.4, -0.2) is 33.4 Å². The SMILES string of the molecule is Cc1ccc(O)c(C(=O)OCC(=O)Nc2cc(C)nn2-c2ccccc2)c1. The Kier molecular flexibility index (Phi) is 5.21. The van der Waals surface area contributed by atoms with E-state index in [1.165, 1.54) is 12.1 Å². The lowest BCUT2D eigenvalue weighted by atomic mass is 10.1. The van der Waals surface area contributed by atoms with Gasteiger partial charge in [-0.05, 0) is 38.1 Å². The number of aryl methyl sites for hydroxylation is 2. The number of carbonyl (C=O) groups excluding carboxylic acids is 2. The summed E-state index contributed by atoms with van der Waals surface area (Å²) in [6, 6.07) is 15.7. The number of para-hydroxylation sites is 1. The van der Waals surface area contributed by atoms with Crippen LogP contribution in [0.2, 0.25) is 0 Å². The van der Waals surface area contributed by atoms with Gasteiger partial charge in [0.05, 0.1) is 11.4 Å². The number of nitrogens with one attached hydrogen (secondary N) is 1. The summed E-state index contributed by atoms with van der Waals surface area (Å²) >= 11 is 0. The Bertz CT molecular complexity index is 980. The van der Waals surface area contributed by atoms with Crippen molar-refractivity contribution in [1.29, 1.82) is 0 Å². The van der Waals surface area contributed by atoms with Crippen molar-refractivity contribution in [2.24, 2.45) is 0 Å². The summed E-state index contributed by atoms with van der Waals surface area (Å²) in [7, 11) is 0. The summed E-state index contributed by atoms with van der Waals surface area (Å²) in [5.74, 6) is -0.992. The zero-order valence-corrected chi connectivity index (χ0v) is 15.0. The Labute approximate surface area is 156 Å². The van der Waals surface area contributed by atoms with Crippen molar-refractivity contribution < 1.29 is 19.4 Å². The first-order valence-electron chi connectivity index (χ1n) is 8.33. The molecule has 0 saturated carbocycles. The number of aromatic nitrogens is 2. The van der Waals surface area contributed by atoms with E-state index in [-0.39, 0.29) is 11.3 Å². The molecule has 7 heteroatoms. The summed E-state index contributed by atoms with van der Waals surface area (Å²) < 4.78 is 6.61. The molecule has 0 aliphatic rings. The largest absolute Gasteiger partial charge is 0.507 e. The second-order valence-electron chi connectivity index (χ2n) is 6.06. The van der Waals surface area contributed by atoms with Crippen molar-refractivity contribution in [1.82, 2.24) is 9.78 Å². The molecule has 0 atom stereocenters. The normalized spacial score (nSPS) is 10.4. The number of amides is 1. The number of rotatable bonds is 5. The molecule has 1 aromatic heterocycles. The molecule has 3 rings (SSSR count). The van der Waals surface area contributed by atoms with Gasteiger partial charge in [-0.1, -0.05) is 29.8 Å². The smallest absolute Gasteiger partial charge is 0.342 e. The van der Waals surface area contributed by atoms with Crippen LogP contribution in [0.5, 0.6) is 5.75 Å². The molecule has 0 spiro atoms. The van der Waals surface area contributed by atoms with Crippen LogP contribution in [0.25, 0.3) is 5.69 Å². The minimum atomic E-state index is -0.765. The van der Waals surface area contributed by atoms with E-state index in [1.54, 1.807) is 23.7 Å². The average Bonchev–Trinajstić information content (AvgIpc) is 3.02. The van der Waals surface area contributed by atoms with E-state index in [2.05, 4.69) is 10.4 Å². The second-order valence-corrected chi connectivity index (χ2v) is 6.06. The maximum absolute atomic E-state index is 12.2. The number of phenolic OH excluding ortho intramolecular Hbond substituents is 1. The topological polar surface area (TPSA) is 93.4 Å². The first kappa shape index (κ1) is 18.2. The first-order valence-corrected chi connectivity index (χ1v) is 8.33. The van der Waals surface area contributed by atoms with Crippen molar-refractivity contribution in [3.8, 4) is 11.4 Å². The number of hydrogen-bond donors (Lipinski definition) is 2. The molecule has 0 bridgehead atoms.